The van der Waals surface area contributed by atoms with Crippen molar-refractivity contribution in [3.8, 4) is 0 Å². The molecule has 0 fully saturated rings. The van der Waals surface area contributed by atoms with Gasteiger partial charge in [0, 0.05) is 18.2 Å². The number of carbonyl (C=O) groups is 2. The normalized spacial score (nSPS) is 13.4. The van der Waals surface area contributed by atoms with Crippen LogP contribution in [0.3, 0.4) is 0 Å². The summed E-state index contributed by atoms with van der Waals surface area (Å²) in [4.78, 5) is 28.6. The number of nitrogens with two attached hydrogens (primary N) is 1. The molecule has 2 atom stereocenters. The molecule has 0 spiro atoms. The molecule has 1 aromatic rings. The Morgan fingerprint density at radius 1 is 1.30 bits per heavy atom. The van der Waals surface area contributed by atoms with Crippen LogP contribution >= 0.6 is 0 Å². The summed E-state index contributed by atoms with van der Waals surface area (Å²) in [5, 5.41) is 2.80. The van der Waals surface area contributed by atoms with Crippen LogP contribution < -0.4 is 11.1 Å². The van der Waals surface area contributed by atoms with Crippen molar-refractivity contribution in [2.45, 2.75) is 65.5 Å². The van der Waals surface area contributed by atoms with E-state index < -0.39 is 6.04 Å². The average molecular weight is 319 g/mol. The van der Waals surface area contributed by atoms with Crippen molar-refractivity contribution in [3.05, 3.63) is 29.6 Å². The number of unbranched alkanes of at least 4 members (excludes halogenated alkanes) is 2. The maximum atomic E-state index is 12.3. The minimum Gasteiger partial charge on any atom is -0.349 e. The molecule has 0 aliphatic rings. The monoisotopic (exact) mass is 319 g/mol. The van der Waals surface area contributed by atoms with E-state index in [1.54, 1.807) is 18.3 Å². The third kappa shape index (κ3) is 6.10. The van der Waals surface area contributed by atoms with Crippen LogP contribution in [0.4, 0.5) is 0 Å². The molecule has 0 saturated heterocycles. The van der Waals surface area contributed by atoms with Crippen molar-refractivity contribution in [2.24, 2.45) is 11.7 Å². The highest BCUT2D eigenvalue weighted by Gasteiger charge is 2.20. The van der Waals surface area contributed by atoms with Crippen LogP contribution in [0.1, 0.15) is 68.9 Å². The lowest BCUT2D eigenvalue weighted by atomic mass is 9.99. The van der Waals surface area contributed by atoms with Gasteiger partial charge in [0.1, 0.15) is 0 Å². The summed E-state index contributed by atoms with van der Waals surface area (Å²) >= 11 is 0. The van der Waals surface area contributed by atoms with Gasteiger partial charge in [-0.1, -0.05) is 40.0 Å². The number of nitrogens with one attached hydrogen (secondary N) is 1. The summed E-state index contributed by atoms with van der Waals surface area (Å²) in [6.45, 7) is 6.30. The highest BCUT2D eigenvalue weighted by atomic mass is 16.2. The molecule has 0 bridgehead atoms. The molecule has 1 aromatic heterocycles. The number of nitrogens with zero attached hydrogens (tertiary/aromatic N) is 1. The summed E-state index contributed by atoms with van der Waals surface area (Å²) < 4.78 is 0. The van der Waals surface area contributed by atoms with Crippen LogP contribution in [0.25, 0.3) is 0 Å². The minimum absolute atomic E-state index is 0.0852. The number of hydrogen-bond donors (Lipinski definition) is 2. The summed E-state index contributed by atoms with van der Waals surface area (Å²) in [5.41, 5.74) is 7.12. The Bertz CT molecular complexity index is 517. The van der Waals surface area contributed by atoms with E-state index in [1.807, 2.05) is 13.8 Å². The Kier molecular flexibility index (Phi) is 8.48. The quantitative estimate of drug-likeness (QED) is 0.513. The first-order valence-electron chi connectivity index (χ1n) is 8.51. The van der Waals surface area contributed by atoms with E-state index in [4.69, 9.17) is 5.73 Å². The third-order valence-electron chi connectivity index (χ3n) is 4.19. The van der Waals surface area contributed by atoms with E-state index in [2.05, 4.69) is 17.2 Å². The molecule has 0 aliphatic heterocycles. The van der Waals surface area contributed by atoms with Crippen molar-refractivity contribution in [3.63, 3.8) is 0 Å². The van der Waals surface area contributed by atoms with Crippen molar-refractivity contribution < 1.29 is 9.59 Å². The van der Waals surface area contributed by atoms with Gasteiger partial charge in [0.15, 0.2) is 5.78 Å². The van der Waals surface area contributed by atoms with Gasteiger partial charge < -0.3 is 11.1 Å². The van der Waals surface area contributed by atoms with Gasteiger partial charge in [0.25, 0.3) is 0 Å². The van der Waals surface area contributed by atoms with E-state index in [1.165, 1.54) is 0 Å². The summed E-state index contributed by atoms with van der Waals surface area (Å²) in [6, 6.07) is 2.99. The van der Waals surface area contributed by atoms with Gasteiger partial charge in [-0.2, -0.15) is 0 Å². The van der Waals surface area contributed by atoms with Crippen LogP contribution in [0, 0.1) is 5.92 Å². The zero-order valence-electron chi connectivity index (χ0n) is 14.5. The van der Waals surface area contributed by atoms with E-state index in [0.717, 1.165) is 25.7 Å². The fraction of sp³-hybridized carbons (Fsp3) is 0.611. The van der Waals surface area contributed by atoms with Crippen LogP contribution in [0.5, 0.6) is 0 Å². The highest BCUT2D eigenvalue weighted by Crippen LogP contribution is 2.12. The molecule has 0 radical (unpaired) electrons. The van der Waals surface area contributed by atoms with Crippen molar-refractivity contribution in [1.29, 1.82) is 0 Å². The van der Waals surface area contributed by atoms with E-state index in [9.17, 15) is 9.59 Å². The largest absolute Gasteiger partial charge is 0.349 e. The van der Waals surface area contributed by atoms with Crippen molar-refractivity contribution in [1.82, 2.24) is 10.3 Å². The second-order valence-corrected chi connectivity index (χ2v) is 6.01. The van der Waals surface area contributed by atoms with Gasteiger partial charge in [-0.25, -0.2) is 0 Å². The van der Waals surface area contributed by atoms with Crippen LogP contribution in [-0.4, -0.2) is 22.7 Å². The van der Waals surface area contributed by atoms with Crippen molar-refractivity contribution >= 4 is 11.7 Å². The highest BCUT2D eigenvalue weighted by molar-refractivity contribution is 5.97. The second-order valence-electron chi connectivity index (χ2n) is 6.01. The molecule has 23 heavy (non-hydrogen) atoms. The first kappa shape index (κ1) is 19.3. The van der Waals surface area contributed by atoms with Gasteiger partial charge >= 0.3 is 0 Å². The van der Waals surface area contributed by atoms with Gasteiger partial charge in [-0.15, -0.1) is 0 Å². The second kappa shape index (κ2) is 10.1. The van der Waals surface area contributed by atoms with Gasteiger partial charge in [0.05, 0.1) is 18.3 Å². The Hall–Kier alpha value is -1.75. The SMILES string of the molecule is CCCCCC(=O)c1cccnc1CNC(=O)[C@@H](N)[C@@H](C)CC. The number of Topliss-reactive ketones (excluding diaryl/α,β-unsaturated/α-hetero) is 1. The van der Waals surface area contributed by atoms with Crippen LogP contribution in [0.2, 0.25) is 0 Å². The number of aromatic nitrogens is 1. The predicted molar refractivity (Wildman–Crippen MR) is 92.0 cm³/mol. The topological polar surface area (TPSA) is 85.1 Å². The van der Waals surface area contributed by atoms with E-state index >= 15 is 0 Å². The lowest BCUT2D eigenvalue weighted by molar-refractivity contribution is -0.123. The Labute approximate surface area is 139 Å². The first-order valence-corrected chi connectivity index (χ1v) is 8.51. The maximum absolute atomic E-state index is 12.3. The van der Waals surface area contributed by atoms with E-state index in [-0.39, 0.29) is 24.2 Å². The fourth-order valence-electron chi connectivity index (χ4n) is 2.30. The number of amides is 1. The summed E-state index contributed by atoms with van der Waals surface area (Å²) in [7, 11) is 0. The van der Waals surface area contributed by atoms with Crippen LogP contribution in [0.15, 0.2) is 18.3 Å². The Balaban J connectivity index is 2.67. The number of ketones is 1. The molecule has 0 aromatic carbocycles. The summed E-state index contributed by atoms with van der Waals surface area (Å²) in [5.74, 6) is 0.00490. The zero-order chi connectivity index (χ0) is 17.2. The lowest BCUT2D eigenvalue weighted by Crippen LogP contribution is -2.44. The van der Waals surface area contributed by atoms with Gasteiger partial charge in [-0.3, -0.25) is 14.6 Å². The number of rotatable bonds is 10. The number of hydrogen-bond acceptors (Lipinski definition) is 4. The standard InChI is InChI=1S/C18H29N3O2/c1-4-6-7-10-16(22)14-9-8-11-20-15(14)12-21-18(23)17(19)13(3)5-2/h8-9,11,13,17H,4-7,10,12,19H2,1-3H3,(H,21,23)/t13-,17-/m0/s1. The maximum Gasteiger partial charge on any atom is 0.237 e. The molecule has 1 rings (SSSR count). The molecule has 1 heterocycles. The molecular weight excluding hydrogens is 290 g/mol. The smallest absolute Gasteiger partial charge is 0.237 e. The molecule has 1 amide bonds. The fourth-order valence-corrected chi connectivity index (χ4v) is 2.30. The van der Waals surface area contributed by atoms with Gasteiger partial charge in [-0.05, 0) is 24.5 Å². The van der Waals surface area contributed by atoms with Gasteiger partial charge in [0.2, 0.25) is 5.91 Å². The molecule has 0 unspecified atom stereocenters. The average Bonchev–Trinajstić information content (AvgIpc) is 2.58. The molecular formula is C18H29N3O2. The zero-order valence-corrected chi connectivity index (χ0v) is 14.5. The predicted octanol–water partition coefficient (Wildman–Crippen LogP) is 2.83. The Morgan fingerprint density at radius 3 is 2.70 bits per heavy atom. The molecule has 5 nitrogen and oxygen atoms in total. The first-order chi connectivity index (χ1) is 11.0. The van der Waals surface area contributed by atoms with E-state index in [0.29, 0.717) is 17.7 Å². The van der Waals surface area contributed by atoms with Crippen LogP contribution in [-0.2, 0) is 11.3 Å². The lowest BCUT2D eigenvalue weighted by Gasteiger charge is -2.18. The van der Waals surface area contributed by atoms with Crippen molar-refractivity contribution in [2.75, 3.05) is 0 Å². The minimum atomic E-state index is -0.535. The number of pyridine rings is 1. The molecule has 0 saturated carbocycles. The molecule has 0 aliphatic carbocycles. The molecule has 128 valence electrons. The third-order valence-corrected chi connectivity index (χ3v) is 4.19. The molecule has 3 N–H and O–H groups in total. The number of carbonyl (C=O) groups excluding carboxylic acids is 2. The molecule has 5 heteroatoms. The Morgan fingerprint density at radius 2 is 2.04 bits per heavy atom. The summed E-state index contributed by atoms with van der Waals surface area (Å²) in [6.07, 6.45) is 6.01.